The van der Waals surface area contributed by atoms with Gasteiger partial charge in [-0.05, 0) is 55.8 Å². The fourth-order valence-electron chi connectivity index (χ4n) is 3.46. The Morgan fingerprint density at radius 3 is 2.79 bits per heavy atom. The third-order valence-electron chi connectivity index (χ3n) is 4.64. The molecule has 0 spiro atoms. The predicted molar refractivity (Wildman–Crippen MR) is 102 cm³/mol. The molecule has 2 aromatic rings. The van der Waals surface area contributed by atoms with Crippen LogP contribution in [-0.2, 0) is 11.2 Å². The van der Waals surface area contributed by atoms with E-state index in [-0.39, 0.29) is 5.91 Å². The summed E-state index contributed by atoms with van der Waals surface area (Å²) in [6, 6.07) is 16.9. The fraction of sp³-hybridized carbons (Fsp3) is 0.350. The molecule has 1 atom stereocenters. The molecular formula is C20H24N2OS. The highest BCUT2D eigenvalue weighted by atomic mass is 32.2. The van der Waals surface area contributed by atoms with Gasteiger partial charge in [-0.2, -0.15) is 0 Å². The maximum atomic E-state index is 12.5. The Balaban J connectivity index is 1.67. The highest BCUT2D eigenvalue weighted by Gasteiger charge is 2.24. The van der Waals surface area contributed by atoms with E-state index in [0.29, 0.717) is 12.6 Å². The van der Waals surface area contributed by atoms with E-state index in [1.807, 2.05) is 37.6 Å². The molecule has 1 amide bonds. The summed E-state index contributed by atoms with van der Waals surface area (Å²) in [5, 5.41) is 3.05. The quantitative estimate of drug-likeness (QED) is 0.821. The third-order valence-corrected chi connectivity index (χ3v) is 5.44. The summed E-state index contributed by atoms with van der Waals surface area (Å²) < 4.78 is 0. The Morgan fingerprint density at radius 1 is 1.21 bits per heavy atom. The van der Waals surface area contributed by atoms with Crippen molar-refractivity contribution in [1.29, 1.82) is 0 Å². The van der Waals surface area contributed by atoms with Gasteiger partial charge >= 0.3 is 0 Å². The second-order valence-electron chi connectivity index (χ2n) is 6.27. The minimum Gasteiger partial charge on any atom is -0.324 e. The molecule has 0 radical (unpaired) electrons. The summed E-state index contributed by atoms with van der Waals surface area (Å²) in [5.41, 5.74) is 3.70. The van der Waals surface area contributed by atoms with Crippen molar-refractivity contribution in [3.8, 4) is 0 Å². The van der Waals surface area contributed by atoms with E-state index >= 15 is 0 Å². The lowest BCUT2D eigenvalue weighted by Gasteiger charge is -2.32. The van der Waals surface area contributed by atoms with Crippen LogP contribution in [0, 0.1) is 0 Å². The Kier molecular flexibility index (Phi) is 5.59. The molecule has 0 saturated heterocycles. The summed E-state index contributed by atoms with van der Waals surface area (Å²) >= 11 is 1.65. The monoisotopic (exact) mass is 340 g/mol. The number of carbonyl (C=O) groups is 1. The number of hydrogen-bond donors (Lipinski definition) is 1. The number of aryl methyl sites for hydroxylation is 1. The van der Waals surface area contributed by atoms with E-state index in [9.17, 15) is 4.79 Å². The number of benzene rings is 2. The molecule has 1 aliphatic rings. The molecule has 0 fully saturated rings. The van der Waals surface area contributed by atoms with Crippen molar-refractivity contribution < 1.29 is 4.79 Å². The molecule has 1 aliphatic carbocycles. The Bertz CT molecular complexity index is 716. The first-order valence-corrected chi connectivity index (χ1v) is 9.62. The molecule has 24 heavy (non-hydrogen) atoms. The number of rotatable bonds is 5. The molecule has 0 heterocycles. The summed E-state index contributed by atoms with van der Waals surface area (Å²) in [4.78, 5) is 15.8. The van der Waals surface area contributed by atoms with Crippen LogP contribution in [0.1, 0.15) is 30.0 Å². The van der Waals surface area contributed by atoms with Gasteiger partial charge in [-0.15, -0.1) is 11.8 Å². The SMILES string of the molecule is CSc1ccccc1NC(=O)CN(C)C1CCCc2ccccc21. The number of likely N-dealkylation sites (N-methyl/N-ethyl adjacent to an activating group) is 1. The second-order valence-corrected chi connectivity index (χ2v) is 7.12. The zero-order valence-electron chi connectivity index (χ0n) is 14.3. The van der Waals surface area contributed by atoms with Gasteiger partial charge in [0.1, 0.15) is 0 Å². The maximum Gasteiger partial charge on any atom is 0.238 e. The van der Waals surface area contributed by atoms with Crippen LogP contribution in [-0.4, -0.2) is 30.7 Å². The average Bonchev–Trinajstić information content (AvgIpc) is 2.61. The Morgan fingerprint density at radius 2 is 1.96 bits per heavy atom. The standard InChI is InChI=1S/C20H24N2OS/c1-22(18-12-7-9-15-8-3-4-10-16(15)18)14-20(23)21-17-11-5-6-13-19(17)24-2/h3-6,8,10-11,13,18H,7,9,12,14H2,1-2H3,(H,21,23). The minimum atomic E-state index is 0.0436. The van der Waals surface area contributed by atoms with Crippen molar-refractivity contribution in [3.05, 3.63) is 59.7 Å². The highest BCUT2D eigenvalue weighted by Crippen LogP contribution is 2.33. The largest absolute Gasteiger partial charge is 0.324 e. The third kappa shape index (κ3) is 3.82. The van der Waals surface area contributed by atoms with E-state index in [4.69, 9.17) is 0 Å². The number of fused-ring (bicyclic) bond motifs is 1. The number of thioether (sulfide) groups is 1. The highest BCUT2D eigenvalue weighted by molar-refractivity contribution is 7.98. The van der Waals surface area contributed by atoms with Crippen LogP contribution in [0.25, 0.3) is 0 Å². The number of para-hydroxylation sites is 1. The lowest BCUT2D eigenvalue weighted by molar-refractivity contribution is -0.117. The number of carbonyl (C=O) groups excluding carboxylic acids is 1. The lowest BCUT2D eigenvalue weighted by Crippen LogP contribution is -2.35. The zero-order chi connectivity index (χ0) is 16.9. The van der Waals surface area contributed by atoms with Gasteiger partial charge in [0.15, 0.2) is 0 Å². The van der Waals surface area contributed by atoms with Crippen molar-refractivity contribution in [2.24, 2.45) is 0 Å². The van der Waals surface area contributed by atoms with Gasteiger partial charge in [-0.1, -0.05) is 36.4 Å². The number of nitrogens with zero attached hydrogens (tertiary/aromatic N) is 1. The minimum absolute atomic E-state index is 0.0436. The summed E-state index contributed by atoms with van der Waals surface area (Å²) in [7, 11) is 2.05. The van der Waals surface area contributed by atoms with Crippen molar-refractivity contribution in [2.45, 2.75) is 30.2 Å². The molecule has 1 N–H and O–H groups in total. The number of hydrogen-bond acceptors (Lipinski definition) is 3. The molecule has 0 saturated carbocycles. The van der Waals surface area contributed by atoms with E-state index in [2.05, 4.69) is 34.5 Å². The number of nitrogens with one attached hydrogen (secondary N) is 1. The van der Waals surface area contributed by atoms with Crippen LogP contribution < -0.4 is 5.32 Å². The fourth-order valence-corrected chi connectivity index (χ4v) is 4.01. The molecule has 126 valence electrons. The second kappa shape index (κ2) is 7.86. The topological polar surface area (TPSA) is 32.3 Å². The van der Waals surface area contributed by atoms with Crippen LogP contribution in [0.5, 0.6) is 0 Å². The van der Waals surface area contributed by atoms with Gasteiger partial charge < -0.3 is 5.32 Å². The van der Waals surface area contributed by atoms with Crippen LogP contribution >= 0.6 is 11.8 Å². The van der Waals surface area contributed by atoms with Crippen LogP contribution in [0.2, 0.25) is 0 Å². The molecule has 0 aliphatic heterocycles. The van der Waals surface area contributed by atoms with Gasteiger partial charge in [0.2, 0.25) is 5.91 Å². The Hall–Kier alpha value is -1.78. The smallest absolute Gasteiger partial charge is 0.238 e. The van der Waals surface area contributed by atoms with Gasteiger partial charge in [0, 0.05) is 10.9 Å². The normalized spacial score (nSPS) is 16.7. The molecule has 3 nitrogen and oxygen atoms in total. The predicted octanol–water partition coefficient (Wildman–Crippen LogP) is 4.36. The van der Waals surface area contributed by atoms with Crippen LogP contribution in [0.3, 0.4) is 0 Å². The summed E-state index contributed by atoms with van der Waals surface area (Å²) in [6.45, 7) is 0.404. The molecule has 2 aromatic carbocycles. The van der Waals surface area contributed by atoms with Crippen molar-refractivity contribution in [1.82, 2.24) is 4.90 Å². The first-order valence-electron chi connectivity index (χ1n) is 8.40. The molecule has 0 bridgehead atoms. The van der Waals surface area contributed by atoms with Crippen molar-refractivity contribution in [3.63, 3.8) is 0 Å². The van der Waals surface area contributed by atoms with E-state index in [1.54, 1.807) is 11.8 Å². The molecule has 1 unspecified atom stereocenters. The molecule has 3 rings (SSSR count). The van der Waals surface area contributed by atoms with Gasteiger partial charge in [0.05, 0.1) is 12.2 Å². The van der Waals surface area contributed by atoms with Gasteiger partial charge in [0.25, 0.3) is 0 Å². The van der Waals surface area contributed by atoms with Crippen LogP contribution in [0.4, 0.5) is 5.69 Å². The molecule has 0 aromatic heterocycles. The zero-order valence-corrected chi connectivity index (χ0v) is 15.1. The summed E-state index contributed by atoms with van der Waals surface area (Å²) in [6.07, 6.45) is 5.47. The van der Waals surface area contributed by atoms with Crippen molar-refractivity contribution >= 4 is 23.4 Å². The molecular weight excluding hydrogens is 316 g/mol. The number of anilines is 1. The molecule has 4 heteroatoms. The Labute approximate surface area is 148 Å². The maximum absolute atomic E-state index is 12.5. The lowest BCUT2D eigenvalue weighted by atomic mass is 9.87. The first kappa shape index (κ1) is 17.1. The summed E-state index contributed by atoms with van der Waals surface area (Å²) in [5.74, 6) is 0.0436. The van der Waals surface area contributed by atoms with E-state index < -0.39 is 0 Å². The first-order chi connectivity index (χ1) is 11.7. The van der Waals surface area contributed by atoms with Crippen LogP contribution in [0.15, 0.2) is 53.4 Å². The number of amides is 1. The van der Waals surface area contributed by atoms with E-state index in [0.717, 1.165) is 23.4 Å². The van der Waals surface area contributed by atoms with Crippen molar-refractivity contribution in [2.75, 3.05) is 25.2 Å². The van der Waals surface area contributed by atoms with E-state index in [1.165, 1.54) is 17.5 Å². The van der Waals surface area contributed by atoms with Gasteiger partial charge in [-0.25, -0.2) is 0 Å². The average molecular weight is 340 g/mol. The van der Waals surface area contributed by atoms with Gasteiger partial charge in [-0.3, -0.25) is 9.69 Å².